The van der Waals surface area contributed by atoms with E-state index in [0.717, 1.165) is 16.6 Å². The van der Waals surface area contributed by atoms with Gasteiger partial charge in [-0.3, -0.25) is 9.67 Å². The van der Waals surface area contributed by atoms with Crippen LogP contribution in [0.3, 0.4) is 0 Å². The van der Waals surface area contributed by atoms with Crippen molar-refractivity contribution in [3.8, 4) is 0 Å². The third kappa shape index (κ3) is 3.52. The number of hydrogen-bond acceptors (Lipinski definition) is 3. The Labute approximate surface area is 134 Å². The highest BCUT2D eigenvalue weighted by Crippen LogP contribution is 2.29. The Kier molecular flexibility index (Phi) is 4.70. The quantitative estimate of drug-likeness (QED) is 0.896. The van der Waals surface area contributed by atoms with Crippen LogP contribution >= 0.6 is 15.9 Å². The zero-order chi connectivity index (χ0) is 14.7. The van der Waals surface area contributed by atoms with Gasteiger partial charge in [0.25, 0.3) is 0 Å². The topological polar surface area (TPSA) is 42.7 Å². The first-order valence-corrected chi connectivity index (χ1v) is 8.37. The van der Waals surface area contributed by atoms with Gasteiger partial charge in [0.15, 0.2) is 0 Å². The number of nitrogens with one attached hydrogen (secondary N) is 1. The van der Waals surface area contributed by atoms with Crippen molar-refractivity contribution in [2.75, 3.05) is 7.05 Å². The molecular weight excluding hydrogens is 328 g/mol. The van der Waals surface area contributed by atoms with Gasteiger partial charge in [-0.15, -0.1) is 0 Å². The predicted molar refractivity (Wildman–Crippen MR) is 87.2 cm³/mol. The number of likely N-dealkylation sites (N-methyl/N-ethyl adjacent to an activating group) is 1. The molecule has 1 aliphatic carbocycles. The summed E-state index contributed by atoms with van der Waals surface area (Å²) in [5.41, 5.74) is 2.32. The molecule has 3 rings (SSSR count). The Morgan fingerprint density at radius 3 is 2.90 bits per heavy atom. The molecule has 1 saturated carbocycles. The van der Waals surface area contributed by atoms with E-state index in [1.54, 1.807) is 0 Å². The first-order valence-electron chi connectivity index (χ1n) is 7.58. The molecule has 0 spiro atoms. The molecule has 0 bridgehead atoms. The van der Waals surface area contributed by atoms with Gasteiger partial charge in [0.1, 0.15) is 0 Å². The molecule has 0 saturated heterocycles. The van der Waals surface area contributed by atoms with Gasteiger partial charge in [0, 0.05) is 35.5 Å². The van der Waals surface area contributed by atoms with Crippen LogP contribution in [0, 0.1) is 0 Å². The molecular formula is C16H21BrN4. The van der Waals surface area contributed by atoms with Crippen LogP contribution in [0.2, 0.25) is 0 Å². The highest BCUT2D eigenvalue weighted by molar-refractivity contribution is 9.10. The first-order chi connectivity index (χ1) is 10.3. The Morgan fingerprint density at radius 1 is 1.38 bits per heavy atom. The lowest BCUT2D eigenvalue weighted by molar-refractivity contribution is 0.459. The minimum absolute atomic E-state index is 0.238. The minimum atomic E-state index is 0.238. The molecule has 2 aromatic rings. The number of hydrogen-bond donors (Lipinski definition) is 1. The largest absolute Gasteiger partial charge is 0.313 e. The monoisotopic (exact) mass is 348 g/mol. The van der Waals surface area contributed by atoms with Crippen molar-refractivity contribution in [1.29, 1.82) is 0 Å². The molecule has 0 radical (unpaired) electrons. The van der Waals surface area contributed by atoms with E-state index in [9.17, 15) is 0 Å². The lowest BCUT2D eigenvalue weighted by Crippen LogP contribution is -2.19. The molecule has 1 atom stereocenters. The SMILES string of the molecule is CNC(Cc1ccn(C2CCCC2)n1)c1cncc(Br)c1. The predicted octanol–water partition coefficient (Wildman–Crippen LogP) is 3.66. The average molecular weight is 349 g/mol. The fraction of sp³-hybridized carbons (Fsp3) is 0.500. The van der Waals surface area contributed by atoms with Crippen molar-refractivity contribution in [3.05, 3.63) is 46.5 Å². The van der Waals surface area contributed by atoms with Gasteiger partial charge in [0.05, 0.1) is 11.7 Å². The lowest BCUT2D eigenvalue weighted by atomic mass is 10.0. The maximum Gasteiger partial charge on any atom is 0.0643 e. The third-order valence-electron chi connectivity index (χ3n) is 4.25. The van der Waals surface area contributed by atoms with Crippen molar-refractivity contribution in [3.63, 3.8) is 0 Å². The fourth-order valence-electron chi connectivity index (χ4n) is 3.07. The summed E-state index contributed by atoms with van der Waals surface area (Å²) in [6.45, 7) is 0. The van der Waals surface area contributed by atoms with Gasteiger partial charge >= 0.3 is 0 Å². The van der Waals surface area contributed by atoms with E-state index in [1.165, 1.54) is 31.2 Å². The second kappa shape index (κ2) is 6.71. The summed E-state index contributed by atoms with van der Waals surface area (Å²) in [5, 5.41) is 8.14. The Bertz CT molecular complexity index is 589. The van der Waals surface area contributed by atoms with Crippen LogP contribution in [-0.2, 0) is 6.42 Å². The zero-order valence-corrected chi connectivity index (χ0v) is 13.9. The number of rotatable bonds is 5. The molecule has 0 aliphatic heterocycles. The van der Waals surface area contributed by atoms with Gasteiger partial charge in [-0.25, -0.2) is 0 Å². The second-order valence-corrected chi connectivity index (χ2v) is 6.62. The van der Waals surface area contributed by atoms with Gasteiger partial charge in [-0.05, 0) is 53.5 Å². The van der Waals surface area contributed by atoms with Crippen molar-refractivity contribution in [1.82, 2.24) is 20.1 Å². The summed E-state index contributed by atoms with van der Waals surface area (Å²) in [7, 11) is 1.99. The molecule has 1 unspecified atom stereocenters. The van der Waals surface area contributed by atoms with E-state index in [-0.39, 0.29) is 6.04 Å². The van der Waals surface area contributed by atoms with E-state index < -0.39 is 0 Å². The number of nitrogens with zero attached hydrogens (tertiary/aromatic N) is 3. The first kappa shape index (κ1) is 14.7. The molecule has 1 N–H and O–H groups in total. The molecule has 5 heteroatoms. The maximum absolute atomic E-state index is 4.77. The van der Waals surface area contributed by atoms with E-state index in [0.29, 0.717) is 6.04 Å². The van der Waals surface area contributed by atoms with Crippen LogP contribution in [0.1, 0.15) is 49.0 Å². The summed E-state index contributed by atoms with van der Waals surface area (Å²) in [6.07, 6.45) is 12.0. The van der Waals surface area contributed by atoms with E-state index in [4.69, 9.17) is 5.10 Å². The molecule has 112 valence electrons. The Balaban J connectivity index is 1.72. The van der Waals surface area contributed by atoms with Crippen LogP contribution in [0.4, 0.5) is 0 Å². The van der Waals surface area contributed by atoms with Crippen LogP contribution in [0.25, 0.3) is 0 Å². The highest BCUT2D eigenvalue weighted by Gasteiger charge is 2.18. The van der Waals surface area contributed by atoms with Crippen LogP contribution < -0.4 is 5.32 Å². The number of pyridine rings is 1. The minimum Gasteiger partial charge on any atom is -0.313 e. The number of aromatic nitrogens is 3. The van der Waals surface area contributed by atoms with Crippen molar-refractivity contribution < 1.29 is 0 Å². The fourth-order valence-corrected chi connectivity index (χ4v) is 3.46. The Hall–Kier alpha value is -1.20. The molecule has 2 aromatic heterocycles. The van der Waals surface area contributed by atoms with Crippen LogP contribution in [0.5, 0.6) is 0 Å². The van der Waals surface area contributed by atoms with Crippen LogP contribution in [-0.4, -0.2) is 21.8 Å². The zero-order valence-electron chi connectivity index (χ0n) is 12.3. The van der Waals surface area contributed by atoms with Gasteiger partial charge in [-0.2, -0.15) is 5.10 Å². The summed E-state index contributed by atoms with van der Waals surface area (Å²) in [6, 6.07) is 5.11. The van der Waals surface area contributed by atoms with E-state index >= 15 is 0 Å². The van der Waals surface area contributed by atoms with Crippen molar-refractivity contribution >= 4 is 15.9 Å². The van der Waals surface area contributed by atoms with E-state index in [2.05, 4.69) is 49.2 Å². The van der Waals surface area contributed by atoms with Gasteiger partial charge < -0.3 is 5.32 Å². The summed E-state index contributed by atoms with van der Waals surface area (Å²) >= 11 is 3.48. The van der Waals surface area contributed by atoms with Crippen LogP contribution in [0.15, 0.2) is 35.2 Å². The smallest absolute Gasteiger partial charge is 0.0643 e. The maximum atomic E-state index is 4.77. The van der Waals surface area contributed by atoms with E-state index in [1.807, 2.05) is 19.4 Å². The second-order valence-electron chi connectivity index (χ2n) is 5.71. The summed E-state index contributed by atoms with van der Waals surface area (Å²) in [5.74, 6) is 0. The molecule has 0 amide bonds. The lowest BCUT2D eigenvalue weighted by Gasteiger charge is -2.15. The average Bonchev–Trinajstić information content (AvgIpc) is 3.15. The highest BCUT2D eigenvalue weighted by atomic mass is 79.9. The molecule has 1 fully saturated rings. The molecule has 21 heavy (non-hydrogen) atoms. The van der Waals surface area contributed by atoms with Crippen molar-refractivity contribution in [2.24, 2.45) is 0 Å². The summed E-state index contributed by atoms with van der Waals surface area (Å²) < 4.78 is 3.17. The molecule has 2 heterocycles. The third-order valence-corrected chi connectivity index (χ3v) is 4.69. The summed E-state index contributed by atoms with van der Waals surface area (Å²) in [4.78, 5) is 4.25. The number of halogens is 1. The normalized spacial score (nSPS) is 17.2. The van der Waals surface area contributed by atoms with Crippen molar-refractivity contribution in [2.45, 2.75) is 44.2 Å². The standard InChI is InChI=1S/C16H21BrN4/c1-18-16(12-8-13(17)11-19-10-12)9-14-6-7-21(20-14)15-4-2-3-5-15/h6-8,10-11,15-16,18H,2-5,9H2,1H3. The molecule has 4 nitrogen and oxygen atoms in total. The van der Waals surface area contributed by atoms with Gasteiger partial charge in [0.2, 0.25) is 0 Å². The van der Waals surface area contributed by atoms with Gasteiger partial charge in [-0.1, -0.05) is 12.8 Å². The molecule has 1 aliphatic rings. The molecule has 0 aromatic carbocycles. The Morgan fingerprint density at radius 2 is 2.19 bits per heavy atom.